The number of nitrogen functional groups attached to an aromatic ring is 1. The standard InChI is InChI=1S/2C23H18F4N8O.C14H10ClF4N3O.C9H9N5/c2*1-12-32-18(13-8-29-11-30-9-13)6-21(33-12)35-20-7-19(16(10-31-20)23(25,26)27)34-17-4-3-14(24)5-15(17)22(36)28-2;1-20-13(23)8-4-7(16)2-3-10(8)22-11-5-12(15)21-6-9(11)14(17,18)19;1-6-13-8(2-9(10)14-6)7-3-11-5-12-4-7/h2*3-11H,1-2H3,(H,28,36)(H2,31,32,33,34,35);2-6H,1H3,(H,20,23)(H,21,22);2-5H,1H3,(H2,10,13,14). The number of halogens is 13. The van der Waals surface area contributed by atoms with E-state index in [0.717, 1.165) is 71.9 Å². The van der Waals surface area contributed by atoms with Gasteiger partial charge in [-0.15, -0.1) is 0 Å². The maximum atomic E-state index is 13.7. The second-order valence-corrected chi connectivity index (χ2v) is 22.6. The van der Waals surface area contributed by atoms with Crippen molar-refractivity contribution in [2.75, 3.05) is 53.5 Å². The minimum Gasteiger partial charge on any atom is -0.384 e. The van der Waals surface area contributed by atoms with Crippen molar-refractivity contribution in [3.8, 4) is 33.8 Å². The van der Waals surface area contributed by atoms with Crippen molar-refractivity contribution in [3.63, 3.8) is 0 Å². The number of alkyl halides is 9. The zero-order valence-electron chi connectivity index (χ0n) is 57.0. The highest BCUT2D eigenvalue weighted by Crippen LogP contribution is 2.41. The Morgan fingerprint density at radius 3 is 0.972 bits per heavy atom. The molecule has 3 amide bonds. The number of aromatic nitrogens is 15. The van der Waals surface area contributed by atoms with Gasteiger partial charge in [-0.1, -0.05) is 11.6 Å². The molecule has 9 aromatic heterocycles. The molecule has 0 saturated heterocycles. The minimum atomic E-state index is -4.76. The molecule has 3 aromatic carbocycles. The van der Waals surface area contributed by atoms with Crippen LogP contribution >= 0.6 is 11.6 Å². The maximum Gasteiger partial charge on any atom is 0.419 e. The van der Waals surface area contributed by atoms with Crippen LogP contribution in [0.2, 0.25) is 5.15 Å². The van der Waals surface area contributed by atoms with E-state index >= 15 is 0 Å². The fraction of sp³-hybridized carbons (Fsp3) is 0.130. The molecule has 12 rings (SSSR count). The van der Waals surface area contributed by atoms with Crippen molar-refractivity contribution < 1.29 is 67.1 Å². The molecule has 0 unspecified atom stereocenters. The van der Waals surface area contributed by atoms with Gasteiger partial charge in [-0.25, -0.2) is 87.9 Å². The fourth-order valence-electron chi connectivity index (χ4n) is 9.60. The van der Waals surface area contributed by atoms with Crippen LogP contribution in [0.15, 0.2) is 166 Å². The van der Waals surface area contributed by atoms with Crippen LogP contribution in [-0.4, -0.2) is 114 Å². The van der Waals surface area contributed by atoms with Crippen molar-refractivity contribution in [1.29, 1.82) is 0 Å². The first-order chi connectivity index (χ1) is 51.7. The summed E-state index contributed by atoms with van der Waals surface area (Å²) in [6.07, 6.45) is 1.51. The number of rotatable bonds is 16. The maximum absolute atomic E-state index is 13.7. The number of nitrogens with one attached hydrogen (secondary N) is 8. The lowest BCUT2D eigenvalue weighted by Gasteiger charge is -2.18. The number of carbonyl (C=O) groups is 3. The van der Waals surface area contributed by atoms with Crippen molar-refractivity contribution in [2.24, 2.45) is 0 Å². The summed E-state index contributed by atoms with van der Waals surface area (Å²) < 4.78 is 162. The van der Waals surface area contributed by atoms with Gasteiger partial charge in [-0.3, -0.25) is 14.4 Å². The second kappa shape index (κ2) is 34.9. The van der Waals surface area contributed by atoms with E-state index in [-0.39, 0.29) is 62.2 Å². The number of benzene rings is 3. The number of nitrogens with two attached hydrogens (primary N) is 1. The van der Waals surface area contributed by atoms with E-state index in [2.05, 4.69) is 117 Å². The Bertz CT molecular complexity index is 5020. The topological polar surface area (TPSA) is 367 Å². The molecule has 0 atom stereocenters. The number of nitrogens with zero attached hydrogens (tertiary/aromatic N) is 15. The van der Waals surface area contributed by atoms with E-state index < -0.39 is 87.5 Å². The molecule has 40 heteroatoms. The Morgan fingerprint density at radius 2 is 0.661 bits per heavy atom. The summed E-state index contributed by atoms with van der Waals surface area (Å²) in [6, 6.07) is 17.4. The van der Waals surface area contributed by atoms with Crippen LogP contribution in [0.5, 0.6) is 0 Å². The van der Waals surface area contributed by atoms with Gasteiger partial charge in [-0.05, 0) is 81.4 Å². The lowest BCUT2D eigenvalue weighted by Crippen LogP contribution is -2.20. The number of hydrogen-bond donors (Lipinski definition) is 9. The van der Waals surface area contributed by atoms with Gasteiger partial charge in [0.2, 0.25) is 0 Å². The van der Waals surface area contributed by atoms with Crippen molar-refractivity contribution in [1.82, 2.24) is 90.7 Å². The van der Waals surface area contributed by atoms with Gasteiger partial charge in [0.25, 0.3) is 17.7 Å². The molecule has 0 fully saturated rings. The second-order valence-electron chi connectivity index (χ2n) is 22.2. The average Bonchev–Trinajstić information content (AvgIpc) is 0.799. The summed E-state index contributed by atoms with van der Waals surface area (Å²) in [5.41, 5.74) is 4.46. The summed E-state index contributed by atoms with van der Waals surface area (Å²) in [5, 5.41) is 20.2. The summed E-state index contributed by atoms with van der Waals surface area (Å²) in [5.74, 6) is -1.64. The molecule has 0 saturated carbocycles. The van der Waals surface area contributed by atoms with Crippen molar-refractivity contribution >= 4 is 92.5 Å². The van der Waals surface area contributed by atoms with Gasteiger partial charge in [0, 0.05) is 124 Å². The van der Waals surface area contributed by atoms with Crippen LogP contribution in [0, 0.1) is 38.2 Å². The van der Waals surface area contributed by atoms with E-state index in [1.807, 2.05) is 0 Å². The Balaban J connectivity index is 0.000000176. The summed E-state index contributed by atoms with van der Waals surface area (Å²) >= 11 is 5.63. The van der Waals surface area contributed by atoms with E-state index in [9.17, 15) is 67.1 Å². The molecule has 12 aromatic rings. The SMILES string of the molecule is CNC(=O)c1cc(F)ccc1Nc1cc(Cl)ncc1C(F)(F)F.CNC(=O)c1cc(F)ccc1Nc1cc(Nc2cc(-c3cncnc3)nc(C)n2)ncc1C(F)(F)F.CNC(=O)c1cc(F)ccc1Nc1cc(Nc2cc(-c3cncnc3)nc(C)n2)ncc1C(F)(F)F.Cc1nc(N)cc(-c2cncnc2)n1. The Morgan fingerprint density at radius 1 is 0.358 bits per heavy atom. The lowest BCUT2D eigenvalue weighted by atomic mass is 10.1. The van der Waals surface area contributed by atoms with Gasteiger partial charge < -0.3 is 48.3 Å². The predicted molar refractivity (Wildman–Crippen MR) is 376 cm³/mol. The largest absolute Gasteiger partial charge is 0.419 e. The molecular formula is C69H55ClF12N24O3. The van der Waals surface area contributed by atoms with Crippen LogP contribution < -0.4 is 48.3 Å². The van der Waals surface area contributed by atoms with E-state index in [4.69, 9.17) is 17.3 Å². The normalized spacial score (nSPS) is 11.0. The first-order valence-electron chi connectivity index (χ1n) is 31.1. The zero-order valence-corrected chi connectivity index (χ0v) is 57.8. The van der Waals surface area contributed by atoms with Crippen LogP contribution in [0.3, 0.4) is 0 Å². The van der Waals surface area contributed by atoms with Crippen LogP contribution in [-0.2, 0) is 18.5 Å². The number of anilines is 11. The van der Waals surface area contributed by atoms with Crippen molar-refractivity contribution in [3.05, 3.63) is 239 Å². The third-order valence-electron chi connectivity index (χ3n) is 14.4. The first kappa shape index (κ1) is 79.4. The minimum absolute atomic E-state index is 0.00137. The number of pyridine rings is 3. The molecule has 0 radical (unpaired) electrons. The predicted octanol–water partition coefficient (Wildman–Crippen LogP) is 14.1. The number of carbonyl (C=O) groups excluding carboxylic acids is 3. The molecule has 0 spiro atoms. The molecule has 0 bridgehead atoms. The third-order valence-corrected chi connectivity index (χ3v) is 14.6. The Kier molecular flexibility index (Phi) is 25.4. The van der Waals surface area contributed by atoms with Crippen LogP contribution in [0.4, 0.5) is 116 Å². The van der Waals surface area contributed by atoms with Gasteiger partial charge in [0.15, 0.2) is 0 Å². The molecule has 560 valence electrons. The molecule has 9 heterocycles. The van der Waals surface area contributed by atoms with Gasteiger partial charge in [0.05, 0.1) is 84.6 Å². The smallest absolute Gasteiger partial charge is 0.384 e. The molecule has 0 aliphatic carbocycles. The molecule has 27 nitrogen and oxygen atoms in total. The lowest BCUT2D eigenvalue weighted by molar-refractivity contribution is -0.138. The van der Waals surface area contributed by atoms with Crippen LogP contribution in [0.1, 0.15) is 65.2 Å². The highest BCUT2D eigenvalue weighted by Gasteiger charge is 2.37. The fourth-order valence-corrected chi connectivity index (χ4v) is 9.76. The Hall–Kier alpha value is -13.8. The molecule has 0 aliphatic heterocycles. The summed E-state index contributed by atoms with van der Waals surface area (Å²) in [7, 11) is 3.97. The molecule has 0 aliphatic rings. The quantitative estimate of drug-likeness (QED) is 0.0320. The van der Waals surface area contributed by atoms with E-state index in [1.54, 1.807) is 76.2 Å². The molecular weight excluding hydrogens is 1480 g/mol. The number of aryl methyl sites for hydroxylation is 3. The van der Waals surface area contributed by atoms with E-state index in [0.29, 0.717) is 64.4 Å². The highest BCUT2D eigenvalue weighted by molar-refractivity contribution is 6.29. The van der Waals surface area contributed by atoms with Gasteiger partial charge >= 0.3 is 18.5 Å². The first-order valence-corrected chi connectivity index (χ1v) is 31.5. The highest BCUT2D eigenvalue weighted by atomic mass is 35.5. The third kappa shape index (κ3) is 21.7. The van der Waals surface area contributed by atoms with Gasteiger partial charge in [0.1, 0.15) is 88.1 Å². The Labute approximate surface area is 613 Å². The number of hydrogen-bond acceptors (Lipinski definition) is 24. The van der Waals surface area contributed by atoms with Gasteiger partial charge in [-0.2, -0.15) is 39.5 Å². The van der Waals surface area contributed by atoms with Crippen molar-refractivity contribution in [2.45, 2.75) is 39.3 Å². The summed E-state index contributed by atoms with van der Waals surface area (Å²) in [4.78, 5) is 96.2. The molecule has 10 N–H and O–H groups in total. The van der Waals surface area contributed by atoms with Crippen LogP contribution in [0.25, 0.3) is 33.8 Å². The molecule has 109 heavy (non-hydrogen) atoms. The van der Waals surface area contributed by atoms with E-state index in [1.165, 1.54) is 52.3 Å². The average molecular weight is 1530 g/mol. The number of amides is 3. The monoisotopic (exact) mass is 1530 g/mol. The summed E-state index contributed by atoms with van der Waals surface area (Å²) in [6.45, 7) is 5.10. The zero-order chi connectivity index (χ0) is 78.9.